The van der Waals surface area contributed by atoms with Crippen molar-refractivity contribution in [3.05, 3.63) is 33.6 Å². The van der Waals surface area contributed by atoms with E-state index in [2.05, 4.69) is 0 Å². The van der Waals surface area contributed by atoms with Gasteiger partial charge in [-0.25, -0.2) is 0 Å². The highest BCUT2D eigenvalue weighted by molar-refractivity contribution is 5.46. The Morgan fingerprint density at radius 3 is 2.47 bits per heavy atom. The van der Waals surface area contributed by atoms with E-state index in [1.54, 1.807) is 0 Å². The summed E-state index contributed by atoms with van der Waals surface area (Å²) in [5.74, 6) is -0.492. The Bertz CT molecular complexity index is 390. The molecule has 0 aliphatic rings. The number of benzene rings is 1. The monoisotopic (exact) mass is 213 g/mol. The molecule has 0 unspecified atom stereocenters. The smallest absolute Gasteiger partial charge is 0.305 e. The largest absolute Gasteiger partial charge is 0.496 e. The summed E-state index contributed by atoms with van der Waals surface area (Å²) >= 11 is 0. The van der Waals surface area contributed by atoms with Crippen LogP contribution < -0.4 is 4.74 Å². The van der Waals surface area contributed by atoms with E-state index in [1.807, 2.05) is 13.8 Å². The first-order valence-electron chi connectivity index (χ1n) is 4.49. The summed E-state index contributed by atoms with van der Waals surface area (Å²) in [6, 6.07) is 2.27. The number of hydrogen-bond donors (Lipinski definition) is 0. The van der Waals surface area contributed by atoms with Gasteiger partial charge < -0.3 is 4.74 Å². The molecule has 0 radical (unpaired) electrons. The number of nitro benzene ring substituents is 1. The maximum atomic E-state index is 13.2. The van der Waals surface area contributed by atoms with Crippen LogP contribution in [0.15, 0.2) is 12.1 Å². The highest BCUT2D eigenvalue weighted by atomic mass is 19.1. The third-order valence-electron chi connectivity index (χ3n) is 2.12. The first-order chi connectivity index (χ1) is 6.97. The van der Waals surface area contributed by atoms with E-state index in [9.17, 15) is 14.5 Å². The molecule has 0 bridgehead atoms. The zero-order valence-electron chi connectivity index (χ0n) is 8.78. The van der Waals surface area contributed by atoms with Crippen LogP contribution in [0.2, 0.25) is 0 Å². The lowest BCUT2D eigenvalue weighted by Gasteiger charge is -2.11. The van der Waals surface area contributed by atoms with Crippen molar-refractivity contribution in [3.8, 4) is 5.75 Å². The van der Waals surface area contributed by atoms with E-state index >= 15 is 0 Å². The van der Waals surface area contributed by atoms with Gasteiger partial charge in [-0.2, -0.15) is 4.39 Å². The summed E-state index contributed by atoms with van der Waals surface area (Å²) in [6.07, 6.45) is 0. The normalized spacial score (nSPS) is 10.5. The van der Waals surface area contributed by atoms with Gasteiger partial charge >= 0.3 is 5.69 Å². The third-order valence-corrected chi connectivity index (χ3v) is 2.12. The fourth-order valence-electron chi connectivity index (χ4n) is 1.33. The quantitative estimate of drug-likeness (QED) is 0.573. The molecule has 0 aromatic heterocycles. The van der Waals surface area contributed by atoms with Crippen molar-refractivity contribution in [3.63, 3.8) is 0 Å². The van der Waals surface area contributed by atoms with Gasteiger partial charge in [-0.05, 0) is 5.92 Å². The Hall–Kier alpha value is -1.65. The van der Waals surface area contributed by atoms with Crippen LogP contribution in [-0.4, -0.2) is 12.0 Å². The van der Waals surface area contributed by atoms with E-state index in [1.165, 1.54) is 13.2 Å². The zero-order valence-corrected chi connectivity index (χ0v) is 8.78. The Kier molecular flexibility index (Phi) is 3.24. The van der Waals surface area contributed by atoms with Crippen LogP contribution in [0.4, 0.5) is 10.1 Å². The molecule has 82 valence electrons. The van der Waals surface area contributed by atoms with E-state index < -0.39 is 16.4 Å². The molecule has 0 aliphatic carbocycles. The molecular formula is C10H12FNO3. The Morgan fingerprint density at radius 2 is 2.07 bits per heavy atom. The molecule has 1 rings (SSSR count). The molecule has 0 spiro atoms. The highest BCUT2D eigenvalue weighted by Gasteiger charge is 2.19. The van der Waals surface area contributed by atoms with Crippen LogP contribution in [0.25, 0.3) is 0 Å². The summed E-state index contributed by atoms with van der Waals surface area (Å²) in [5.41, 5.74) is 0.116. The first kappa shape index (κ1) is 11.4. The van der Waals surface area contributed by atoms with E-state index in [0.29, 0.717) is 11.3 Å². The number of halogens is 1. The third kappa shape index (κ3) is 2.23. The average Bonchev–Trinajstić information content (AvgIpc) is 2.16. The number of rotatable bonds is 3. The second-order valence-electron chi connectivity index (χ2n) is 3.46. The van der Waals surface area contributed by atoms with Gasteiger partial charge in [-0.1, -0.05) is 13.8 Å². The maximum absolute atomic E-state index is 13.2. The van der Waals surface area contributed by atoms with Crippen LogP contribution in [-0.2, 0) is 0 Å². The van der Waals surface area contributed by atoms with Gasteiger partial charge in [0.05, 0.1) is 12.0 Å². The second kappa shape index (κ2) is 4.25. The topological polar surface area (TPSA) is 52.4 Å². The average molecular weight is 213 g/mol. The van der Waals surface area contributed by atoms with Crippen molar-refractivity contribution in [2.45, 2.75) is 19.8 Å². The van der Waals surface area contributed by atoms with Gasteiger partial charge in [-0.15, -0.1) is 0 Å². The molecule has 0 aliphatic heterocycles. The zero-order chi connectivity index (χ0) is 11.6. The minimum absolute atomic E-state index is 0.0410. The standard InChI is InChI=1S/C10H12FNO3/c1-6(2)7-4-9(12(13)14)8(11)5-10(7)15-3/h4-6H,1-3H3. The number of nitro groups is 1. The van der Waals surface area contributed by atoms with Crippen LogP contribution in [0.3, 0.4) is 0 Å². The van der Waals surface area contributed by atoms with E-state index in [0.717, 1.165) is 6.07 Å². The van der Waals surface area contributed by atoms with Crippen molar-refractivity contribution in [1.82, 2.24) is 0 Å². The lowest BCUT2D eigenvalue weighted by molar-refractivity contribution is -0.387. The molecule has 15 heavy (non-hydrogen) atoms. The van der Waals surface area contributed by atoms with Gasteiger partial charge in [0, 0.05) is 17.7 Å². The summed E-state index contributed by atoms with van der Waals surface area (Å²) in [6.45, 7) is 3.72. The minimum atomic E-state index is -0.874. The number of nitrogens with zero attached hydrogens (tertiary/aromatic N) is 1. The van der Waals surface area contributed by atoms with Gasteiger partial charge in [0.15, 0.2) is 0 Å². The highest BCUT2D eigenvalue weighted by Crippen LogP contribution is 2.32. The summed E-state index contributed by atoms with van der Waals surface area (Å²) in [7, 11) is 1.41. The molecular weight excluding hydrogens is 201 g/mol. The van der Waals surface area contributed by atoms with Gasteiger partial charge in [0.1, 0.15) is 5.75 Å². The first-order valence-corrected chi connectivity index (χ1v) is 4.49. The minimum Gasteiger partial charge on any atom is -0.496 e. The predicted octanol–water partition coefficient (Wildman–Crippen LogP) is 2.87. The van der Waals surface area contributed by atoms with Crippen molar-refractivity contribution in [2.24, 2.45) is 0 Å². The molecule has 0 amide bonds. The summed E-state index contributed by atoms with van der Waals surface area (Å²) in [5, 5.41) is 10.5. The SMILES string of the molecule is COc1cc(F)c([N+](=O)[O-])cc1C(C)C. The molecule has 0 heterocycles. The van der Waals surface area contributed by atoms with E-state index in [4.69, 9.17) is 4.74 Å². The molecule has 0 atom stereocenters. The molecule has 4 nitrogen and oxygen atoms in total. The van der Waals surface area contributed by atoms with Gasteiger partial charge in [0.25, 0.3) is 0 Å². The van der Waals surface area contributed by atoms with Crippen LogP contribution in [0.1, 0.15) is 25.3 Å². The van der Waals surface area contributed by atoms with Gasteiger partial charge in [0.2, 0.25) is 5.82 Å². The van der Waals surface area contributed by atoms with Crippen molar-refractivity contribution in [1.29, 1.82) is 0 Å². The van der Waals surface area contributed by atoms with Crippen LogP contribution >= 0.6 is 0 Å². The molecule has 0 fully saturated rings. The summed E-state index contributed by atoms with van der Waals surface area (Å²) in [4.78, 5) is 9.79. The van der Waals surface area contributed by atoms with E-state index in [-0.39, 0.29) is 5.92 Å². The van der Waals surface area contributed by atoms with Crippen molar-refractivity contribution < 1.29 is 14.1 Å². The summed E-state index contributed by atoms with van der Waals surface area (Å²) < 4.78 is 18.2. The second-order valence-corrected chi connectivity index (χ2v) is 3.46. The Labute approximate surface area is 86.8 Å². The van der Waals surface area contributed by atoms with Crippen molar-refractivity contribution in [2.75, 3.05) is 7.11 Å². The Morgan fingerprint density at radius 1 is 1.47 bits per heavy atom. The van der Waals surface area contributed by atoms with Crippen LogP contribution in [0.5, 0.6) is 5.75 Å². The fraction of sp³-hybridized carbons (Fsp3) is 0.400. The molecule has 0 saturated heterocycles. The van der Waals surface area contributed by atoms with Crippen molar-refractivity contribution >= 4 is 5.69 Å². The van der Waals surface area contributed by atoms with Crippen LogP contribution in [0, 0.1) is 15.9 Å². The molecule has 0 N–H and O–H groups in total. The predicted molar refractivity (Wildman–Crippen MR) is 53.7 cm³/mol. The molecule has 1 aromatic rings. The number of ether oxygens (including phenoxy) is 1. The number of hydrogen-bond acceptors (Lipinski definition) is 3. The Balaban J connectivity index is 3.37. The molecule has 5 heteroatoms. The lowest BCUT2D eigenvalue weighted by atomic mass is 10.0. The molecule has 1 aromatic carbocycles. The molecule has 0 saturated carbocycles. The maximum Gasteiger partial charge on any atom is 0.305 e. The van der Waals surface area contributed by atoms with Gasteiger partial charge in [-0.3, -0.25) is 10.1 Å². The fourth-order valence-corrected chi connectivity index (χ4v) is 1.33. The number of methoxy groups -OCH3 is 1. The lowest BCUT2D eigenvalue weighted by Crippen LogP contribution is -1.99.